The number of nitrogens with one attached hydrogen (secondary N) is 1. The van der Waals surface area contributed by atoms with Crippen LogP contribution in [-0.2, 0) is 17.9 Å². The monoisotopic (exact) mass is 463 g/mol. The lowest BCUT2D eigenvalue weighted by Gasteiger charge is -2.23. The van der Waals surface area contributed by atoms with Crippen molar-refractivity contribution >= 4 is 32.7 Å². The highest BCUT2D eigenvalue weighted by Crippen LogP contribution is 2.32. The van der Waals surface area contributed by atoms with E-state index in [4.69, 9.17) is 4.74 Å². The van der Waals surface area contributed by atoms with Gasteiger partial charge in [0, 0.05) is 19.6 Å². The first-order chi connectivity index (χ1) is 15.4. The largest absolute Gasteiger partial charge is 0.497 e. The highest BCUT2D eigenvalue weighted by atomic mass is 32.1. The van der Waals surface area contributed by atoms with Crippen molar-refractivity contribution in [2.24, 2.45) is 0 Å². The second kappa shape index (κ2) is 9.19. The summed E-state index contributed by atoms with van der Waals surface area (Å²) >= 11 is 1.06. The summed E-state index contributed by atoms with van der Waals surface area (Å²) in [6.45, 7) is 2.64. The van der Waals surface area contributed by atoms with Gasteiger partial charge in [0.05, 0.1) is 7.11 Å². The summed E-state index contributed by atoms with van der Waals surface area (Å²) in [5.41, 5.74) is 0.406. The molecule has 0 radical (unpaired) electrons. The number of amides is 1. The Morgan fingerprint density at radius 2 is 2.06 bits per heavy atom. The normalized spacial score (nSPS) is 16.2. The Morgan fingerprint density at radius 3 is 2.72 bits per heavy atom. The van der Waals surface area contributed by atoms with Gasteiger partial charge in [0.2, 0.25) is 5.91 Å². The van der Waals surface area contributed by atoms with Crippen LogP contribution in [0.25, 0.3) is 10.3 Å². The maximum Gasteiger partial charge on any atom is 0.295 e. The third-order valence-corrected chi connectivity index (χ3v) is 6.46. The summed E-state index contributed by atoms with van der Waals surface area (Å²) in [6, 6.07) is 6.97. The lowest BCUT2D eigenvalue weighted by atomic mass is 10.2. The van der Waals surface area contributed by atoms with Crippen LogP contribution in [-0.4, -0.2) is 40.1 Å². The minimum atomic E-state index is -2.86. The number of thiazole rings is 1. The van der Waals surface area contributed by atoms with E-state index < -0.39 is 23.9 Å². The average molecular weight is 464 g/mol. The SMILES string of the molecule is CCn1c(C(F)F)nc2sc(N3CCCC3C(=O)NCc3ccc(OC)cc3)nc2c1=O. The first-order valence-corrected chi connectivity index (χ1v) is 11.1. The third kappa shape index (κ3) is 4.16. The molecule has 1 aromatic carbocycles. The summed E-state index contributed by atoms with van der Waals surface area (Å²) in [5.74, 6) is 0.0313. The number of methoxy groups -OCH3 is 1. The lowest BCUT2D eigenvalue weighted by Crippen LogP contribution is -2.43. The van der Waals surface area contributed by atoms with Crippen molar-refractivity contribution in [3.63, 3.8) is 0 Å². The highest BCUT2D eigenvalue weighted by Gasteiger charge is 2.33. The van der Waals surface area contributed by atoms with Crippen molar-refractivity contribution in [3.05, 3.63) is 46.0 Å². The standard InChI is InChI=1S/C21H23F2N5O3S/c1-3-27-17(16(22)23)26-19-15(20(27)30)25-21(32-19)28-10-4-5-14(28)18(29)24-11-12-6-8-13(31-2)9-7-12/h6-9,14,16H,3-5,10-11H2,1-2H3,(H,24,29). The molecule has 4 rings (SSSR count). The number of alkyl halides is 2. The van der Waals surface area contributed by atoms with Gasteiger partial charge in [-0.1, -0.05) is 23.5 Å². The van der Waals surface area contributed by atoms with Crippen molar-refractivity contribution < 1.29 is 18.3 Å². The zero-order valence-corrected chi connectivity index (χ0v) is 18.5. The molecule has 1 N–H and O–H groups in total. The number of anilines is 1. The van der Waals surface area contributed by atoms with Crippen LogP contribution in [0.5, 0.6) is 5.75 Å². The van der Waals surface area contributed by atoms with Crippen LogP contribution >= 0.6 is 11.3 Å². The average Bonchev–Trinajstić information content (AvgIpc) is 3.45. The van der Waals surface area contributed by atoms with E-state index in [1.54, 1.807) is 14.0 Å². The number of aromatic nitrogens is 3. The molecule has 3 aromatic rings. The van der Waals surface area contributed by atoms with E-state index in [2.05, 4.69) is 15.3 Å². The second-order valence-electron chi connectivity index (χ2n) is 7.39. The van der Waals surface area contributed by atoms with Crippen molar-refractivity contribution in [2.45, 2.75) is 45.3 Å². The zero-order valence-electron chi connectivity index (χ0n) is 17.7. The third-order valence-electron chi connectivity index (χ3n) is 5.48. The van der Waals surface area contributed by atoms with Crippen LogP contribution in [0.1, 0.15) is 37.6 Å². The van der Waals surface area contributed by atoms with Crippen molar-refractivity contribution in [3.8, 4) is 5.75 Å². The number of carbonyl (C=O) groups excluding carboxylic acids is 1. The fourth-order valence-electron chi connectivity index (χ4n) is 3.83. The molecule has 1 aliphatic rings. The van der Waals surface area contributed by atoms with Gasteiger partial charge in [-0.15, -0.1) is 0 Å². The van der Waals surface area contributed by atoms with Crippen LogP contribution in [0, 0.1) is 0 Å². The quantitative estimate of drug-likeness (QED) is 0.579. The molecule has 0 saturated carbocycles. The predicted molar refractivity (Wildman–Crippen MR) is 118 cm³/mol. The molecule has 8 nitrogen and oxygen atoms in total. The number of nitrogens with zero attached hydrogens (tertiary/aromatic N) is 4. The van der Waals surface area contributed by atoms with E-state index in [-0.39, 0.29) is 22.8 Å². The molecule has 1 unspecified atom stereocenters. The first-order valence-electron chi connectivity index (χ1n) is 10.3. The molecule has 2 aromatic heterocycles. The number of hydrogen-bond donors (Lipinski definition) is 1. The Kier molecular flexibility index (Phi) is 6.35. The minimum absolute atomic E-state index is 0.0561. The van der Waals surface area contributed by atoms with Crippen LogP contribution < -0.4 is 20.5 Å². The topological polar surface area (TPSA) is 89.3 Å². The highest BCUT2D eigenvalue weighted by molar-refractivity contribution is 7.21. The Labute approximate surface area is 186 Å². The molecule has 11 heteroatoms. The van der Waals surface area contributed by atoms with E-state index in [9.17, 15) is 18.4 Å². The molecule has 1 saturated heterocycles. The number of fused-ring (bicyclic) bond motifs is 1. The fourth-order valence-corrected chi connectivity index (χ4v) is 4.84. The first kappa shape index (κ1) is 22.1. The molecule has 0 aliphatic carbocycles. The molecule has 1 amide bonds. The maximum atomic E-state index is 13.4. The van der Waals surface area contributed by atoms with Crippen molar-refractivity contribution in [2.75, 3.05) is 18.6 Å². The molecule has 32 heavy (non-hydrogen) atoms. The number of benzene rings is 1. The predicted octanol–water partition coefficient (Wildman–Crippen LogP) is 3.10. The number of hydrogen-bond acceptors (Lipinski definition) is 7. The van der Waals surface area contributed by atoms with Crippen LogP contribution in [0.2, 0.25) is 0 Å². The lowest BCUT2D eigenvalue weighted by molar-refractivity contribution is -0.122. The van der Waals surface area contributed by atoms with Gasteiger partial charge in [0.15, 0.2) is 21.3 Å². The van der Waals surface area contributed by atoms with Crippen LogP contribution in [0.4, 0.5) is 13.9 Å². The molecule has 0 bridgehead atoms. The number of rotatable bonds is 7. The van der Waals surface area contributed by atoms with E-state index in [0.717, 1.165) is 33.6 Å². The molecule has 170 valence electrons. The molecule has 1 fully saturated rings. The summed E-state index contributed by atoms with van der Waals surface area (Å²) in [6.07, 6.45) is -1.44. The summed E-state index contributed by atoms with van der Waals surface area (Å²) in [4.78, 5) is 35.9. The Morgan fingerprint density at radius 1 is 1.31 bits per heavy atom. The summed E-state index contributed by atoms with van der Waals surface area (Å²) < 4.78 is 32.8. The maximum absolute atomic E-state index is 13.4. The van der Waals surface area contributed by atoms with E-state index in [0.29, 0.717) is 24.6 Å². The van der Waals surface area contributed by atoms with Gasteiger partial charge in [0.1, 0.15) is 11.8 Å². The molecule has 1 atom stereocenters. The second-order valence-corrected chi connectivity index (χ2v) is 8.34. The van der Waals surface area contributed by atoms with Crippen LogP contribution in [0.3, 0.4) is 0 Å². The van der Waals surface area contributed by atoms with Gasteiger partial charge in [-0.25, -0.2) is 18.7 Å². The Balaban J connectivity index is 1.55. The van der Waals surface area contributed by atoms with Gasteiger partial charge >= 0.3 is 0 Å². The van der Waals surface area contributed by atoms with E-state index >= 15 is 0 Å². The minimum Gasteiger partial charge on any atom is -0.497 e. The molecule has 3 heterocycles. The molecule has 1 aliphatic heterocycles. The van der Waals surface area contributed by atoms with Gasteiger partial charge < -0.3 is 15.0 Å². The van der Waals surface area contributed by atoms with Gasteiger partial charge in [-0.3, -0.25) is 14.2 Å². The number of ether oxygens (including phenoxy) is 1. The van der Waals surface area contributed by atoms with Crippen molar-refractivity contribution in [1.29, 1.82) is 0 Å². The number of carbonyl (C=O) groups is 1. The smallest absolute Gasteiger partial charge is 0.295 e. The van der Waals surface area contributed by atoms with Crippen molar-refractivity contribution in [1.82, 2.24) is 19.9 Å². The summed E-state index contributed by atoms with van der Waals surface area (Å²) in [7, 11) is 1.59. The molecular weight excluding hydrogens is 440 g/mol. The number of halogens is 2. The van der Waals surface area contributed by atoms with Crippen LogP contribution in [0.15, 0.2) is 29.1 Å². The summed E-state index contributed by atoms with van der Waals surface area (Å²) in [5, 5.41) is 3.39. The fraction of sp³-hybridized carbons (Fsp3) is 0.429. The van der Waals surface area contributed by atoms with Gasteiger partial charge in [0.25, 0.3) is 12.0 Å². The Bertz CT molecular complexity index is 1180. The van der Waals surface area contributed by atoms with E-state index in [1.807, 2.05) is 29.2 Å². The van der Waals surface area contributed by atoms with Gasteiger partial charge in [-0.2, -0.15) is 0 Å². The molecule has 0 spiro atoms. The zero-order chi connectivity index (χ0) is 22.8. The Hall–Kier alpha value is -3.08. The van der Waals surface area contributed by atoms with Gasteiger partial charge in [-0.05, 0) is 37.5 Å². The molecular formula is C21H23F2N5O3S. The van der Waals surface area contributed by atoms with E-state index in [1.165, 1.54) is 0 Å².